The Morgan fingerprint density at radius 3 is 2.80 bits per heavy atom. The number of carbonyl (C=O) groups excluding carboxylic acids is 1. The van der Waals surface area contributed by atoms with Crippen LogP contribution in [0.4, 0.5) is 0 Å². The van der Waals surface area contributed by atoms with E-state index in [1.807, 2.05) is 19.1 Å². The summed E-state index contributed by atoms with van der Waals surface area (Å²) in [5.41, 5.74) is 2.59. The first-order chi connectivity index (χ1) is 12.1. The molecule has 0 atom stereocenters. The first-order valence-corrected chi connectivity index (χ1v) is 9.21. The van der Waals surface area contributed by atoms with Crippen molar-refractivity contribution < 1.29 is 9.53 Å². The topological polar surface area (TPSA) is 72.0 Å². The molecule has 1 aromatic carbocycles. The molecule has 128 valence electrons. The number of aryl methyl sites for hydroxylation is 3. The van der Waals surface area contributed by atoms with E-state index in [1.165, 1.54) is 11.3 Å². The lowest BCUT2D eigenvalue weighted by Crippen LogP contribution is -2.15. The van der Waals surface area contributed by atoms with Crippen LogP contribution in [-0.2, 0) is 24.2 Å². The van der Waals surface area contributed by atoms with Crippen LogP contribution in [0.15, 0.2) is 29.1 Å². The Hall–Kier alpha value is -2.47. The van der Waals surface area contributed by atoms with Gasteiger partial charge < -0.3 is 9.72 Å². The SMILES string of the molecule is Cc1ccc(C(=O)OCc2nc3sc4c(c3c(=O)[nH]2)CCCC4)cc1. The van der Waals surface area contributed by atoms with Crippen LogP contribution in [0, 0.1) is 6.92 Å². The van der Waals surface area contributed by atoms with Crippen LogP contribution in [0.2, 0.25) is 0 Å². The van der Waals surface area contributed by atoms with Gasteiger partial charge in [0.05, 0.1) is 10.9 Å². The van der Waals surface area contributed by atoms with Crippen LogP contribution in [0.3, 0.4) is 0 Å². The van der Waals surface area contributed by atoms with E-state index in [2.05, 4.69) is 9.97 Å². The molecule has 0 saturated heterocycles. The number of H-pyrrole nitrogens is 1. The summed E-state index contributed by atoms with van der Waals surface area (Å²) in [6.45, 7) is 1.92. The van der Waals surface area contributed by atoms with Gasteiger partial charge >= 0.3 is 5.97 Å². The number of carbonyl (C=O) groups is 1. The second kappa shape index (κ2) is 6.44. The number of benzene rings is 1. The molecule has 0 amide bonds. The fourth-order valence-corrected chi connectivity index (χ4v) is 4.46. The van der Waals surface area contributed by atoms with Crippen molar-refractivity contribution in [2.75, 3.05) is 0 Å². The van der Waals surface area contributed by atoms with Gasteiger partial charge in [-0.3, -0.25) is 4.79 Å². The minimum Gasteiger partial charge on any atom is -0.454 e. The smallest absolute Gasteiger partial charge is 0.338 e. The second-order valence-corrected chi connectivity index (χ2v) is 7.43. The average molecular weight is 354 g/mol. The highest BCUT2D eigenvalue weighted by molar-refractivity contribution is 7.18. The summed E-state index contributed by atoms with van der Waals surface area (Å²) < 4.78 is 5.29. The second-order valence-electron chi connectivity index (χ2n) is 6.35. The molecule has 1 aliphatic rings. The average Bonchev–Trinajstić information content (AvgIpc) is 2.99. The first kappa shape index (κ1) is 16.0. The fraction of sp³-hybridized carbons (Fsp3) is 0.316. The quantitative estimate of drug-likeness (QED) is 0.731. The molecule has 3 aromatic rings. The highest BCUT2D eigenvalue weighted by atomic mass is 32.1. The minimum absolute atomic E-state index is 0.0412. The van der Waals surface area contributed by atoms with E-state index in [4.69, 9.17) is 4.74 Å². The van der Waals surface area contributed by atoms with E-state index in [0.717, 1.165) is 35.2 Å². The van der Waals surface area contributed by atoms with Crippen molar-refractivity contribution in [1.29, 1.82) is 0 Å². The third-order valence-electron chi connectivity index (χ3n) is 4.50. The minimum atomic E-state index is -0.423. The zero-order chi connectivity index (χ0) is 17.4. The Kier molecular flexibility index (Phi) is 4.13. The van der Waals surface area contributed by atoms with Crippen LogP contribution in [0.1, 0.15) is 45.0 Å². The highest BCUT2D eigenvalue weighted by Crippen LogP contribution is 2.33. The zero-order valence-electron chi connectivity index (χ0n) is 13.9. The number of aromatic nitrogens is 2. The van der Waals surface area contributed by atoms with Crippen LogP contribution in [0.5, 0.6) is 0 Å². The molecule has 0 saturated carbocycles. The molecule has 2 heterocycles. The molecule has 1 N–H and O–H groups in total. The summed E-state index contributed by atoms with van der Waals surface area (Å²) in [6, 6.07) is 7.17. The van der Waals surface area contributed by atoms with Gasteiger partial charge in [-0.25, -0.2) is 9.78 Å². The molecular formula is C19H18N2O3S. The molecule has 1 aliphatic carbocycles. The first-order valence-electron chi connectivity index (χ1n) is 8.39. The molecule has 0 aliphatic heterocycles. The third-order valence-corrected chi connectivity index (χ3v) is 5.69. The van der Waals surface area contributed by atoms with Gasteiger partial charge in [-0.2, -0.15) is 0 Å². The molecule has 0 fully saturated rings. The lowest BCUT2D eigenvalue weighted by atomic mass is 9.97. The molecule has 2 aromatic heterocycles. The van der Waals surface area contributed by atoms with Crippen molar-refractivity contribution in [3.8, 4) is 0 Å². The summed E-state index contributed by atoms with van der Waals surface area (Å²) in [5.74, 6) is -0.0372. The van der Waals surface area contributed by atoms with Crippen LogP contribution < -0.4 is 5.56 Å². The third kappa shape index (κ3) is 3.09. The van der Waals surface area contributed by atoms with Crippen molar-refractivity contribution in [2.45, 2.75) is 39.2 Å². The Bertz CT molecular complexity index is 1000. The van der Waals surface area contributed by atoms with Crippen molar-refractivity contribution in [3.63, 3.8) is 0 Å². The van der Waals surface area contributed by atoms with Crippen LogP contribution in [0.25, 0.3) is 10.2 Å². The molecule has 6 heteroatoms. The maximum absolute atomic E-state index is 12.5. The van der Waals surface area contributed by atoms with Gasteiger partial charge in [-0.15, -0.1) is 11.3 Å². The predicted octanol–water partition coefficient (Wildman–Crippen LogP) is 3.53. The number of thiophene rings is 1. The fourth-order valence-electron chi connectivity index (χ4n) is 3.18. The summed E-state index contributed by atoms with van der Waals surface area (Å²) in [5, 5.41) is 0.716. The normalized spacial score (nSPS) is 13.6. The summed E-state index contributed by atoms with van der Waals surface area (Å²) in [4.78, 5) is 33.8. The molecular weight excluding hydrogens is 336 g/mol. The summed E-state index contributed by atoms with van der Waals surface area (Å²) in [7, 11) is 0. The van der Waals surface area contributed by atoms with Crippen LogP contribution in [-0.4, -0.2) is 15.9 Å². The molecule has 0 bridgehead atoms. The maximum atomic E-state index is 12.5. The number of hydrogen-bond donors (Lipinski definition) is 1. The van der Waals surface area contributed by atoms with Gasteiger partial charge in [0.1, 0.15) is 17.3 Å². The molecule has 0 radical (unpaired) electrons. The van der Waals surface area contributed by atoms with Crippen molar-refractivity contribution in [3.05, 3.63) is 62.0 Å². The number of ether oxygens (including phenoxy) is 1. The van der Waals surface area contributed by atoms with Gasteiger partial charge in [-0.05, 0) is 50.3 Å². The molecule has 25 heavy (non-hydrogen) atoms. The largest absolute Gasteiger partial charge is 0.454 e. The van der Waals surface area contributed by atoms with Crippen molar-refractivity contribution in [1.82, 2.24) is 9.97 Å². The highest BCUT2D eigenvalue weighted by Gasteiger charge is 2.20. The molecule has 0 spiro atoms. The van der Waals surface area contributed by atoms with Gasteiger partial charge in [0, 0.05) is 4.88 Å². The summed E-state index contributed by atoms with van der Waals surface area (Å²) >= 11 is 1.59. The van der Waals surface area contributed by atoms with E-state index >= 15 is 0 Å². The predicted molar refractivity (Wildman–Crippen MR) is 97.2 cm³/mol. The van der Waals surface area contributed by atoms with Gasteiger partial charge in [0.15, 0.2) is 0 Å². The Morgan fingerprint density at radius 2 is 2.00 bits per heavy atom. The Balaban J connectivity index is 1.57. The zero-order valence-corrected chi connectivity index (χ0v) is 14.7. The standard InChI is InChI=1S/C19H18N2O3S/c1-11-6-8-12(9-7-11)19(23)24-10-15-20-17(22)16-13-4-2-3-5-14(13)25-18(16)21-15/h6-9H,2-5,10H2,1H3,(H,20,21,22). The number of esters is 1. The van der Waals surface area contributed by atoms with E-state index in [-0.39, 0.29) is 12.2 Å². The summed E-state index contributed by atoms with van der Waals surface area (Å²) in [6.07, 6.45) is 4.25. The number of hydrogen-bond acceptors (Lipinski definition) is 5. The van der Waals surface area contributed by atoms with Crippen LogP contribution >= 0.6 is 11.3 Å². The monoisotopic (exact) mass is 354 g/mol. The number of rotatable bonds is 3. The maximum Gasteiger partial charge on any atom is 0.338 e. The molecule has 4 rings (SSSR count). The Labute approximate surface area is 148 Å². The van der Waals surface area contributed by atoms with Gasteiger partial charge in [-0.1, -0.05) is 17.7 Å². The van der Waals surface area contributed by atoms with Crippen molar-refractivity contribution >= 4 is 27.5 Å². The number of fused-ring (bicyclic) bond motifs is 3. The lowest BCUT2D eigenvalue weighted by Gasteiger charge is -2.09. The van der Waals surface area contributed by atoms with E-state index in [9.17, 15) is 9.59 Å². The molecule has 5 nitrogen and oxygen atoms in total. The number of nitrogens with zero attached hydrogens (tertiary/aromatic N) is 1. The Morgan fingerprint density at radius 1 is 1.24 bits per heavy atom. The van der Waals surface area contributed by atoms with E-state index < -0.39 is 5.97 Å². The van der Waals surface area contributed by atoms with Crippen molar-refractivity contribution in [2.24, 2.45) is 0 Å². The lowest BCUT2D eigenvalue weighted by molar-refractivity contribution is 0.0462. The number of aromatic amines is 1. The van der Waals surface area contributed by atoms with E-state index in [1.54, 1.807) is 23.5 Å². The van der Waals surface area contributed by atoms with Gasteiger partial charge in [0.2, 0.25) is 0 Å². The van der Waals surface area contributed by atoms with Gasteiger partial charge in [0.25, 0.3) is 5.56 Å². The van der Waals surface area contributed by atoms with E-state index in [0.29, 0.717) is 16.8 Å². The number of nitrogens with one attached hydrogen (secondary N) is 1. The molecule has 0 unspecified atom stereocenters.